The molecular weight excluding hydrogens is 254 g/mol. The van der Waals surface area contributed by atoms with Gasteiger partial charge in [-0.15, -0.1) is 0 Å². The molecule has 1 nitrogen and oxygen atoms in total. The molecule has 0 fully saturated rings. The van der Waals surface area contributed by atoms with Crippen LogP contribution in [0.1, 0.15) is 65.5 Å². The standard InChI is InChI=1S/C20H35N/c1-7-13-21(14-8-2)16-17(3)15-18-9-11-19(12-10-18)20(4,5)6/h9-12,17H,7-8,13-16H2,1-6H3. The van der Waals surface area contributed by atoms with Gasteiger partial charge in [-0.3, -0.25) is 0 Å². The lowest BCUT2D eigenvalue weighted by Gasteiger charge is -2.25. The average Bonchev–Trinajstić information content (AvgIpc) is 2.38. The molecule has 1 aromatic carbocycles. The summed E-state index contributed by atoms with van der Waals surface area (Å²) in [5, 5.41) is 0. The lowest BCUT2D eigenvalue weighted by atomic mass is 9.86. The molecule has 21 heavy (non-hydrogen) atoms. The summed E-state index contributed by atoms with van der Waals surface area (Å²) < 4.78 is 0. The van der Waals surface area contributed by atoms with Crippen molar-refractivity contribution in [1.29, 1.82) is 0 Å². The van der Waals surface area contributed by atoms with Gasteiger partial charge in [0.05, 0.1) is 0 Å². The first-order valence-electron chi connectivity index (χ1n) is 8.68. The highest BCUT2D eigenvalue weighted by Gasteiger charge is 2.14. The van der Waals surface area contributed by atoms with E-state index in [1.54, 1.807) is 0 Å². The fraction of sp³-hybridized carbons (Fsp3) is 0.700. The van der Waals surface area contributed by atoms with Crippen LogP contribution in [0.4, 0.5) is 0 Å². The monoisotopic (exact) mass is 289 g/mol. The fourth-order valence-corrected chi connectivity index (χ4v) is 2.98. The van der Waals surface area contributed by atoms with Crippen molar-refractivity contribution in [3.63, 3.8) is 0 Å². The molecule has 0 aliphatic carbocycles. The van der Waals surface area contributed by atoms with Gasteiger partial charge in [0.1, 0.15) is 0 Å². The van der Waals surface area contributed by atoms with E-state index in [-0.39, 0.29) is 5.41 Å². The Morgan fingerprint density at radius 1 is 0.952 bits per heavy atom. The fourth-order valence-electron chi connectivity index (χ4n) is 2.98. The molecule has 0 aliphatic rings. The normalized spacial score (nSPS) is 13.7. The predicted octanol–water partition coefficient (Wildman–Crippen LogP) is 5.28. The maximum Gasteiger partial charge on any atom is 0.00102 e. The second kappa shape index (κ2) is 8.58. The van der Waals surface area contributed by atoms with E-state index in [1.807, 2.05) is 0 Å². The molecule has 1 atom stereocenters. The van der Waals surface area contributed by atoms with Crippen LogP contribution in [0.25, 0.3) is 0 Å². The van der Waals surface area contributed by atoms with Gasteiger partial charge >= 0.3 is 0 Å². The van der Waals surface area contributed by atoms with Crippen molar-refractivity contribution in [2.24, 2.45) is 5.92 Å². The van der Waals surface area contributed by atoms with Crippen LogP contribution in [0.5, 0.6) is 0 Å². The largest absolute Gasteiger partial charge is 0.303 e. The Balaban J connectivity index is 2.55. The third kappa shape index (κ3) is 6.65. The minimum Gasteiger partial charge on any atom is -0.303 e. The predicted molar refractivity (Wildman–Crippen MR) is 95.0 cm³/mol. The Kier molecular flexibility index (Phi) is 7.45. The van der Waals surface area contributed by atoms with Gasteiger partial charge in [-0.05, 0) is 54.8 Å². The first kappa shape index (κ1) is 18.2. The van der Waals surface area contributed by atoms with Gasteiger partial charge in [-0.2, -0.15) is 0 Å². The highest BCUT2D eigenvalue weighted by molar-refractivity contribution is 5.27. The Morgan fingerprint density at radius 3 is 1.90 bits per heavy atom. The summed E-state index contributed by atoms with van der Waals surface area (Å²) >= 11 is 0. The molecule has 0 spiro atoms. The number of rotatable bonds is 8. The second-order valence-electron chi connectivity index (χ2n) is 7.56. The highest BCUT2D eigenvalue weighted by Crippen LogP contribution is 2.23. The van der Waals surface area contributed by atoms with E-state index in [0.717, 1.165) is 5.92 Å². The summed E-state index contributed by atoms with van der Waals surface area (Å²) in [6.07, 6.45) is 3.70. The van der Waals surface area contributed by atoms with Gasteiger partial charge in [0, 0.05) is 6.54 Å². The summed E-state index contributed by atoms with van der Waals surface area (Å²) in [7, 11) is 0. The van der Waals surface area contributed by atoms with Crippen LogP contribution in [0.15, 0.2) is 24.3 Å². The number of benzene rings is 1. The molecule has 0 amide bonds. The zero-order valence-electron chi connectivity index (χ0n) is 15.1. The van der Waals surface area contributed by atoms with E-state index < -0.39 is 0 Å². The molecule has 0 N–H and O–H groups in total. The van der Waals surface area contributed by atoms with Crippen molar-refractivity contribution < 1.29 is 0 Å². The first-order chi connectivity index (χ1) is 9.86. The summed E-state index contributed by atoms with van der Waals surface area (Å²) in [6.45, 7) is 17.5. The average molecular weight is 290 g/mol. The Labute approximate surface area is 132 Å². The van der Waals surface area contributed by atoms with Gasteiger partial charge in [0.15, 0.2) is 0 Å². The van der Waals surface area contributed by atoms with Crippen LogP contribution in [-0.2, 0) is 11.8 Å². The lowest BCUT2D eigenvalue weighted by molar-refractivity contribution is 0.237. The first-order valence-corrected chi connectivity index (χ1v) is 8.68. The van der Waals surface area contributed by atoms with Crippen molar-refractivity contribution in [3.05, 3.63) is 35.4 Å². The number of hydrogen-bond acceptors (Lipinski definition) is 1. The summed E-state index contributed by atoms with van der Waals surface area (Å²) in [5.41, 5.74) is 3.16. The Hall–Kier alpha value is -0.820. The van der Waals surface area contributed by atoms with Crippen LogP contribution >= 0.6 is 0 Å². The van der Waals surface area contributed by atoms with Gasteiger partial charge in [0.25, 0.3) is 0 Å². The smallest absolute Gasteiger partial charge is 0.00102 e. The molecule has 120 valence electrons. The molecule has 0 saturated heterocycles. The molecular formula is C20H35N. The SMILES string of the molecule is CCCN(CCC)CC(C)Cc1ccc(C(C)(C)C)cc1. The van der Waals surface area contributed by atoms with E-state index in [2.05, 4.69) is 70.7 Å². The van der Waals surface area contributed by atoms with Crippen molar-refractivity contribution in [3.8, 4) is 0 Å². The van der Waals surface area contributed by atoms with Crippen LogP contribution in [0.2, 0.25) is 0 Å². The Bertz CT molecular complexity index is 379. The van der Waals surface area contributed by atoms with Crippen molar-refractivity contribution in [1.82, 2.24) is 4.90 Å². The number of nitrogens with zero attached hydrogens (tertiary/aromatic N) is 1. The lowest BCUT2D eigenvalue weighted by Crippen LogP contribution is -2.30. The van der Waals surface area contributed by atoms with Gasteiger partial charge in [-0.25, -0.2) is 0 Å². The van der Waals surface area contributed by atoms with Crippen molar-refractivity contribution >= 4 is 0 Å². The Morgan fingerprint density at radius 2 is 1.48 bits per heavy atom. The summed E-state index contributed by atoms with van der Waals surface area (Å²) in [5.74, 6) is 0.726. The minimum atomic E-state index is 0.253. The van der Waals surface area contributed by atoms with Crippen molar-refractivity contribution in [2.75, 3.05) is 19.6 Å². The molecule has 0 saturated carbocycles. The van der Waals surface area contributed by atoms with E-state index in [1.165, 1.54) is 50.0 Å². The molecule has 0 radical (unpaired) electrons. The van der Waals surface area contributed by atoms with Crippen LogP contribution in [0.3, 0.4) is 0 Å². The molecule has 1 unspecified atom stereocenters. The molecule has 0 bridgehead atoms. The van der Waals surface area contributed by atoms with Gasteiger partial charge in [0.2, 0.25) is 0 Å². The maximum atomic E-state index is 2.62. The molecule has 0 heterocycles. The molecule has 1 aromatic rings. The molecule has 0 aliphatic heterocycles. The molecule has 1 rings (SSSR count). The van der Waals surface area contributed by atoms with E-state index in [9.17, 15) is 0 Å². The quantitative estimate of drug-likeness (QED) is 0.629. The highest BCUT2D eigenvalue weighted by atomic mass is 15.1. The van der Waals surface area contributed by atoms with Crippen LogP contribution in [0, 0.1) is 5.92 Å². The zero-order chi connectivity index (χ0) is 15.9. The van der Waals surface area contributed by atoms with E-state index >= 15 is 0 Å². The third-order valence-corrected chi connectivity index (χ3v) is 4.05. The van der Waals surface area contributed by atoms with Crippen LogP contribution < -0.4 is 0 Å². The van der Waals surface area contributed by atoms with Gasteiger partial charge < -0.3 is 4.90 Å². The maximum absolute atomic E-state index is 2.62. The van der Waals surface area contributed by atoms with E-state index in [0.29, 0.717) is 0 Å². The summed E-state index contributed by atoms with van der Waals surface area (Å²) in [6, 6.07) is 9.25. The van der Waals surface area contributed by atoms with Gasteiger partial charge in [-0.1, -0.05) is 65.8 Å². The minimum absolute atomic E-state index is 0.253. The topological polar surface area (TPSA) is 3.24 Å². The second-order valence-corrected chi connectivity index (χ2v) is 7.56. The van der Waals surface area contributed by atoms with E-state index in [4.69, 9.17) is 0 Å². The number of hydrogen-bond donors (Lipinski definition) is 0. The van der Waals surface area contributed by atoms with Crippen molar-refractivity contribution in [2.45, 2.75) is 66.2 Å². The molecule has 0 aromatic heterocycles. The third-order valence-electron chi connectivity index (χ3n) is 4.05. The molecule has 1 heteroatoms. The zero-order valence-corrected chi connectivity index (χ0v) is 15.1. The van der Waals surface area contributed by atoms with Crippen LogP contribution in [-0.4, -0.2) is 24.5 Å². The summed E-state index contributed by atoms with van der Waals surface area (Å²) in [4.78, 5) is 2.62.